The van der Waals surface area contributed by atoms with Crippen LogP contribution in [0.2, 0.25) is 0 Å². The molecule has 2 heterocycles. The van der Waals surface area contributed by atoms with Crippen LogP contribution < -0.4 is 0 Å². The highest BCUT2D eigenvalue weighted by Crippen LogP contribution is 2.39. The van der Waals surface area contributed by atoms with Gasteiger partial charge in [-0.25, -0.2) is 5.01 Å². The Hall–Kier alpha value is -1.61. The van der Waals surface area contributed by atoms with Crippen molar-refractivity contribution in [3.8, 4) is 0 Å². The van der Waals surface area contributed by atoms with Crippen LogP contribution in [-0.2, 0) is 4.79 Å². The van der Waals surface area contributed by atoms with E-state index in [1.54, 1.807) is 0 Å². The molecule has 0 saturated carbocycles. The Labute approximate surface area is 108 Å². The Balaban J connectivity index is 1.98. The van der Waals surface area contributed by atoms with E-state index < -0.39 is 0 Å². The molecule has 2 atom stereocenters. The van der Waals surface area contributed by atoms with Gasteiger partial charge in [-0.15, -0.1) is 0 Å². The van der Waals surface area contributed by atoms with Gasteiger partial charge in [0.1, 0.15) is 0 Å². The number of nitrogens with zero attached hydrogens (tertiary/aromatic N) is 2. The van der Waals surface area contributed by atoms with Crippen LogP contribution in [0, 0.1) is 0 Å². The van der Waals surface area contributed by atoms with Gasteiger partial charge in [0.05, 0.1) is 12.6 Å². The Morgan fingerprint density at radius 2 is 1.94 bits per heavy atom. The standard InChI is InChI=1S/C15H18N2O/c1-11-8-14(13-6-4-3-5-7-13)17-12(2)9-15(18)16(17)10-11/h3-7,12,14H,1,8-10H2,2H3/t12-,14-/m1/s1. The number of carbonyl (C=O) groups is 1. The third-order valence-electron chi connectivity index (χ3n) is 3.85. The van der Waals surface area contributed by atoms with Gasteiger partial charge in [0.2, 0.25) is 5.91 Å². The van der Waals surface area contributed by atoms with E-state index in [2.05, 4.69) is 42.8 Å². The second kappa shape index (κ2) is 4.25. The van der Waals surface area contributed by atoms with Gasteiger partial charge in [-0.1, -0.05) is 42.5 Å². The zero-order valence-electron chi connectivity index (χ0n) is 10.7. The largest absolute Gasteiger partial charge is 0.273 e. The third-order valence-corrected chi connectivity index (χ3v) is 3.85. The van der Waals surface area contributed by atoms with Crippen LogP contribution >= 0.6 is 0 Å². The zero-order valence-corrected chi connectivity index (χ0v) is 10.7. The number of hydrogen-bond donors (Lipinski definition) is 0. The molecule has 0 N–H and O–H groups in total. The van der Waals surface area contributed by atoms with Crippen molar-refractivity contribution >= 4 is 5.91 Å². The predicted octanol–water partition coefficient (Wildman–Crippen LogP) is 2.53. The van der Waals surface area contributed by atoms with Crippen molar-refractivity contribution in [2.75, 3.05) is 6.54 Å². The van der Waals surface area contributed by atoms with Crippen LogP contribution in [0.25, 0.3) is 0 Å². The average molecular weight is 242 g/mol. The molecule has 94 valence electrons. The first-order valence-electron chi connectivity index (χ1n) is 6.47. The van der Waals surface area contributed by atoms with E-state index in [-0.39, 0.29) is 18.0 Å². The van der Waals surface area contributed by atoms with Gasteiger partial charge in [-0.05, 0) is 18.9 Å². The van der Waals surface area contributed by atoms with Crippen LogP contribution in [0.3, 0.4) is 0 Å². The molecule has 0 aliphatic carbocycles. The lowest BCUT2D eigenvalue weighted by Gasteiger charge is -2.42. The van der Waals surface area contributed by atoms with Gasteiger partial charge in [-0.2, -0.15) is 0 Å². The highest BCUT2D eigenvalue weighted by molar-refractivity contribution is 5.78. The number of hydrogen-bond acceptors (Lipinski definition) is 2. The molecule has 1 aromatic rings. The Morgan fingerprint density at radius 1 is 1.22 bits per heavy atom. The Bertz CT molecular complexity index is 483. The van der Waals surface area contributed by atoms with Crippen molar-refractivity contribution in [3.63, 3.8) is 0 Å². The molecular weight excluding hydrogens is 224 g/mol. The molecule has 2 aliphatic rings. The van der Waals surface area contributed by atoms with E-state index in [4.69, 9.17) is 0 Å². The smallest absolute Gasteiger partial charge is 0.238 e. The van der Waals surface area contributed by atoms with Crippen LogP contribution in [0.15, 0.2) is 42.5 Å². The molecule has 2 saturated heterocycles. The maximum Gasteiger partial charge on any atom is 0.238 e. The molecule has 1 amide bonds. The number of benzene rings is 1. The molecule has 0 spiro atoms. The summed E-state index contributed by atoms with van der Waals surface area (Å²) in [6.07, 6.45) is 1.56. The molecule has 1 aromatic carbocycles. The molecule has 0 unspecified atom stereocenters. The maximum atomic E-state index is 12.0. The Morgan fingerprint density at radius 3 is 2.67 bits per heavy atom. The van der Waals surface area contributed by atoms with Gasteiger partial charge in [-0.3, -0.25) is 9.80 Å². The van der Waals surface area contributed by atoms with Gasteiger partial charge in [0, 0.05) is 12.5 Å². The Kier molecular flexibility index (Phi) is 2.71. The van der Waals surface area contributed by atoms with Crippen molar-refractivity contribution in [2.24, 2.45) is 0 Å². The fourth-order valence-corrected chi connectivity index (χ4v) is 3.05. The first-order chi connectivity index (χ1) is 8.66. The molecule has 18 heavy (non-hydrogen) atoms. The van der Waals surface area contributed by atoms with Crippen LogP contribution in [-0.4, -0.2) is 28.5 Å². The SMILES string of the molecule is C=C1C[C@H](c2ccccc2)N2[C@H](C)CC(=O)N2C1. The first kappa shape index (κ1) is 11.5. The molecule has 3 heteroatoms. The van der Waals surface area contributed by atoms with E-state index in [0.717, 1.165) is 12.0 Å². The summed E-state index contributed by atoms with van der Waals surface area (Å²) >= 11 is 0. The summed E-state index contributed by atoms with van der Waals surface area (Å²) < 4.78 is 0. The van der Waals surface area contributed by atoms with E-state index in [0.29, 0.717) is 13.0 Å². The minimum absolute atomic E-state index is 0.226. The average Bonchev–Trinajstić information content (AvgIpc) is 2.65. The monoisotopic (exact) mass is 242 g/mol. The number of carbonyl (C=O) groups excluding carboxylic acids is 1. The van der Waals surface area contributed by atoms with Crippen molar-refractivity contribution < 1.29 is 4.79 Å². The number of hydrazine groups is 1. The van der Waals surface area contributed by atoms with Crippen LogP contribution in [0.4, 0.5) is 0 Å². The molecule has 0 bridgehead atoms. The highest BCUT2D eigenvalue weighted by Gasteiger charge is 2.42. The summed E-state index contributed by atoms with van der Waals surface area (Å²) in [5, 5.41) is 4.13. The third kappa shape index (κ3) is 1.75. The number of fused-ring (bicyclic) bond motifs is 1. The van der Waals surface area contributed by atoms with E-state index >= 15 is 0 Å². The van der Waals surface area contributed by atoms with E-state index in [1.807, 2.05) is 11.1 Å². The summed E-state index contributed by atoms with van der Waals surface area (Å²) in [4.78, 5) is 12.0. The van der Waals surface area contributed by atoms with Crippen molar-refractivity contribution in [2.45, 2.75) is 31.8 Å². The second-order valence-corrected chi connectivity index (χ2v) is 5.27. The summed E-state index contributed by atoms with van der Waals surface area (Å²) in [6.45, 7) is 6.90. The minimum Gasteiger partial charge on any atom is -0.273 e. The summed E-state index contributed by atoms with van der Waals surface area (Å²) in [6, 6.07) is 11.0. The fourth-order valence-electron chi connectivity index (χ4n) is 3.05. The van der Waals surface area contributed by atoms with Gasteiger partial charge >= 0.3 is 0 Å². The van der Waals surface area contributed by atoms with Crippen molar-refractivity contribution in [1.82, 2.24) is 10.0 Å². The van der Waals surface area contributed by atoms with E-state index in [1.165, 1.54) is 5.56 Å². The van der Waals surface area contributed by atoms with Gasteiger partial charge in [0.15, 0.2) is 0 Å². The lowest BCUT2D eigenvalue weighted by Crippen LogP contribution is -2.48. The lowest BCUT2D eigenvalue weighted by atomic mass is 9.96. The number of amides is 1. The van der Waals surface area contributed by atoms with Crippen molar-refractivity contribution in [1.29, 1.82) is 0 Å². The summed E-state index contributed by atoms with van der Waals surface area (Å²) in [5.74, 6) is 0.226. The normalized spacial score (nSPS) is 28.6. The van der Waals surface area contributed by atoms with Gasteiger partial charge in [0.25, 0.3) is 0 Å². The molecule has 0 radical (unpaired) electrons. The summed E-state index contributed by atoms with van der Waals surface area (Å²) in [7, 11) is 0. The maximum absolute atomic E-state index is 12.0. The molecular formula is C15H18N2O. The predicted molar refractivity (Wildman–Crippen MR) is 70.6 cm³/mol. The molecule has 3 rings (SSSR count). The topological polar surface area (TPSA) is 23.6 Å². The summed E-state index contributed by atoms with van der Waals surface area (Å²) in [5.41, 5.74) is 2.41. The van der Waals surface area contributed by atoms with Crippen molar-refractivity contribution in [3.05, 3.63) is 48.0 Å². The van der Waals surface area contributed by atoms with Crippen LogP contribution in [0.5, 0.6) is 0 Å². The molecule has 3 nitrogen and oxygen atoms in total. The molecule has 0 aromatic heterocycles. The zero-order chi connectivity index (χ0) is 12.7. The number of rotatable bonds is 1. The van der Waals surface area contributed by atoms with E-state index in [9.17, 15) is 4.79 Å². The minimum atomic E-state index is 0.226. The molecule has 2 fully saturated rings. The quantitative estimate of drug-likeness (QED) is 0.706. The highest BCUT2D eigenvalue weighted by atomic mass is 16.2. The van der Waals surface area contributed by atoms with Gasteiger partial charge < -0.3 is 0 Å². The second-order valence-electron chi connectivity index (χ2n) is 5.27. The van der Waals surface area contributed by atoms with Crippen LogP contribution in [0.1, 0.15) is 31.4 Å². The lowest BCUT2D eigenvalue weighted by molar-refractivity contribution is -0.144. The first-order valence-corrected chi connectivity index (χ1v) is 6.47. The fraction of sp³-hybridized carbons (Fsp3) is 0.400. The molecule has 2 aliphatic heterocycles.